The molecule has 1 fully saturated rings. The minimum atomic E-state index is -0.796. The number of hydrogen-bond donors (Lipinski definition) is 3. The van der Waals surface area contributed by atoms with Crippen LogP contribution in [0.2, 0.25) is 0 Å². The zero-order valence-corrected chi connectivity index (χ0v) is 12.2. The molecular weight excluding hydrogens is 260 g/mol. The number of aliphatic hydroxyl groups excluding tert-OH is 1. The Morgan fingerprint density at radius 1 is 1.40 bits per heavy atom. The van der Waals surface area contributed by atoms with Gasteiger partial charge in [-0.2, -0.15) is 0 Å². The Morgan fingerprint density at radius 2 is 2.15 bits per heavy atom. The molecule has 116 valence electrons. The van der Waals surface area contributed by atoms with Crippen LogP contribution in [0.15, 0.2) is 0 Å². The third-order valence-electron chi connectivity index (χ3n) is 3.86. The van der Waals surface area contributed by atoms with Gasteiger partial charge in [-0.1, -0.05) is 6.92 Å². The number of hydrogen-bond acceptors (Lipinski definition) is 3. The fourth-order valence-corrected chi connectivity index (χ4v) is 2.55. The number of nitrogens with one attached hydrogen (secondary N) is 1. The minimum Gasteiger partial charge on any atom is -0.481 e. The van der Waals surface area contributed by atoms with Gasteiger partial charge in [0.1, 0.15) is 0 Å². The maximum Gasteiger partial charge on any atom is 0.317 e. The molecule has 0 saturated carbocycles. The number of carboxylic acids is 1. The predicted molar refractivity (Wildman–Crippen MR) is 75.5 cm³/mol. The van der Waals surface area contributed by atoms with Crippen LogP contribution in [-0.4, -0.2) is 52.9 Å². The maximum atomic E-state index is 12.1. The van der Waals surface area contributed by atoms with Crippen LogP contribution >= 0.6 is 0 Å². The smallest absolute Gasteiger partial charge is 0.317 e. The van der Waals surface area contributed by atoms with Gasteiger partial charge in [0.15, 0.2) is 0 Å². The summed E-state index contributed by atoms with van der Waals surface area (Å²) < 4.78 is 0. The first kappa shape index (κ1) is 16.8. The van der Waals surface area contributed by atoms with E-state index in [4.69, 9.17) is 10.2 Å². The first-order valence-corrected chi connectivity index (χ1v) is 7.44. The topological polar surface area (TPSA) is 89.9 Å². The second-order valence-corrected chi connectivity index (χ2v) is 5.47. The number of likely N-dealkylation sites (tertiary alicyclic amines) is 1. The molecule has 0 aliphatic carbocycles. The zero-order valence-electron chi connectivity index (χ0n) is 12.2. The highest BCUT2D eigenvalue weighted by molar-refractivity contribution is 5.74. The van der Waals surface area contributed by atoms with Crippen LogP contribution in [0.4, 0.5) is 4.79 Å². The molecule has 6 heteroatoms. The molecular formula is C14H26N2O4. The number of amides is 2. The molecule has 1 saturated heterocycles. The van der Waals surface area contributed by atoms with Gasteiger partial charge in [-0.25, -0.2) is 4.79 Å². The molecule has 2 amide bonds. The normalized spacial score (nSPS) is 20.5. The van der Waals surface area contributed by atoms with Crippen molar-refractivity contribution in [2.75, 3.05) is 19.7 Å². The predicted octanol–water partition coefficient (Wildman–Crippen LogP) is 1.43. The third-order valence-corrected chi connectivity index (χ3v) is 3.86. The van der Waals surface area contributed by atoms with Gasteiger partial charge in [-0.15, -0.1) is 0 Å². The Kier molecular flexibility index (Phi) is 7.36. The number of piperidine rings is 1. The van der Waals surface area contributed by atoms with Crippen LogP contribution in [0, 0.1) is 5.92 Å². The molecule has 1 heterocycles. The van der Waals surface area contributed by atoms with Crippen molar-refractivity contribution in [1.82, 2.24) is 10.2 Å². The fraction of sp³-hybridized carbons (Fsp3) is 0.857. The lowest BCUT2D eigenvalue weighted by atomic mass is 10.00. The van der Waals surface area contributed by atoms with Gasteiger partial charge in [-0.05, 0) is 38.5 Å². The third kappa shape index (κ3) is 5.36. The van der Waals surface area contributed by atoms with E-state index < -0.39 is 5.97 Å². The lowest BCUT2D eigenvalue weighted by Crippen LogP contribution is -2.49. The molecule has 20 heavy (non-hydrogen) atoms. The van der Waals surface area contributed by atoms with Gasteiger partial charge in [0.25, 0.3) is 0 Å². The monoisotopic (exact) mass is 286 g/mol. The molecule has 0 aromatic heterocycles. The number of rotatable bonds is 7. The summed E-state index contributed by atoms with van der Waals surface area (Å²) in [5, 5.41) is 20.6. The van der Waals surface area contributed by atoms with E-state index in [0.717, 1.165) is 25.8 Å². The number of aliphatic carboxylic acids is 1. The molecule has 0 bridgehead atoms. The van der Waals surface area contributed by atoms with E-state index in [2.05, 4.69) is 5.32 Å². The number of carboxylic acid groups (broad SMARTS) is 1. The van der Waals surface area contributed by atoms with Crippen molar-refractivity contribution in [2.24, 2.45) is 5.92 Å². The van der Waals surface area contributed by atoms with Crippen molar-refractivity contribution in [3.63, 3.8) is 0 Å². The molecule has 0 aromatic rings. The molecule has 6 nitrogen and oxygen atoms in total. The quantitative estimate of drug-likeness (QED) is 0.618. The van der Waals surface area contributed by atoms with Crippen molar-refractivity contribution in [3.8, 4) is 0 Å². The number of carbonyl (C=O) groups is 2. The summed E-state index contributed by atoms with van der Waals surface area (Å²) in [4.78, 5) is 24.6. The van der Waals surface area contributed by atoms with E-state index in [1.165, 1.54) is 0 Å². The van der Waals surface area contributed by atoms with Gasteiger partial charge in [0, 0.05) is 25.7 Å². The Balaban J connectivity index is 2.28. The van der Waals surface area contributed by atoms with Crippen molar-refractivity contribution >= 4 is 12.0 Å². The molecule has 1 aliphatic heterocycles. The highest BCUT2D eigenvalue weighted by Crippen LogP contribution is 2.19. The van der Waals surface area contributed by atoms with Crippen LogP contribution < -0.4 is 5.32 Å². The van der Waals surface area contributed by atoms with E-state index in [1.54, 1.807) is 11.8 Å². The van der Waals surface area contributed by atoms with Crippen LogP contribution in [0.5, 0.6) is 0 Å². The molecule has 0 spiro atoms. The minimum absolute atomic E-state index is 0.0915. The number of nitrogens with zero attached hydrogens (tertiary/aromatic N) is 1. The Hall–Kier alpha value is -1.30. The fourth-order valence-electron chi connectivity index (χ4n) is 2.55. The van der Waals surface area contributed by atoms with E-state index in [1.807, 2.05) is 0 Å². The van der Waals surface area contributed by atoms with Gasteiger partial charge in [0.05, 0.1) is 5.92 Å². The lowest BCUT2D eigenvalue weighted by molar-refractivity contribution is -0.141. The molecule has 1 aliphatic rings. The Labute approximate surface area is 120 Å². The second-order valence-electron chi connectivity index (χ2n) is 5.47. The van der Waals surface area contributed by atoms with Gasteiger partial charge >= 0.3 is 12.0 Å². The van der Waals surface area contributed by atoms with Crippen molar-refractivity contribution in [1.29, 1.82) is 0 Å². The van der Waals surface area contributed by atoms with E-state index in [9.17, 15) is 9.59 Å². The summed E-state index contributed by atoms with van der Waals surface area (Å²) in [5.41, 5.74) is 0. The van der Waals surface area contributed by atoms with E-state index in [-0.39, 0.29) is 24.6 Å². The summed E-state index contributed by atoms with van der Waals surface area (Å²) in [6.07, 6.45) is 4.91. The molecule has 2 unspecified atom stereocenters. The lowest BCUT2D eigenvalue weighted by Gasteiger charge is -2.35. The number of aliphatic hydroxyl groups is 1. The van der Waals surface area contributed by atoms with Gasteiger partial charge < -0.3 is 20.4 Å². The van der Waals surface area contributed by atoms with E-state index in [0.29, 0.717) is 25.8 Å². The molecule has 1 rings (SSSR count). The highest BCUT2D eigenvalue weighted by atomic mass is 16.4. The second kappa shape index (κ2) is 8.79. The average Bonchev–Trinajstić information content (AvgIpc) is 2.44. The largest absolute Gasteiger partial charge is 0.481 e. The summed E-state index contributed by atoms with van der Waals surface area (Å²) in [7, 11) is 0. The number of urea groups is 1. The number of carbonyl (C=O) groups excluding carboxylic acids is 1. The van der Waals surface area contributed by atoms with E-state index >= 15 is 0 Å². The Bertz CT molecular complexity index is 320. The first-order chi connectivity index (χ1) is 9.56. The summed E-state index contributed by atoms with van der Waals surface area (Å²) >= 11 is 0. The maximum absolute atomic E-state index is 12.1. The SMILES string of the molecule is CC(CCCNC(=O)N1CCCCC1CCO)C(=O)O. The van der Waals surface area contributed by atoms with Crippen LogP contribution in [0.3, 0.4) is 0 Å². The standard InChI is InChI=1S/C14H26N2O4/c1-11(13(18)19)5-4-8-15-14(20)16-9-3-2-6-12(16)7-10-17/h11-12,17H,2-10H2,1H3,(H,15,20)(H,18,19). The molecule has 0 aromatic carbocycles. The van der Waals surface area contributed by atoms with Gasteiger partial charge in [0.2, 0.25) is 0 Å². The summed E-state index contributed by atoms with van der Waals surface area (Å²) in [6, 6.07) is 0.0396. The molecule has 2 atom stereocenters. The average molecular weight is 286 g/mol. The van der Waals surface area contributed by atoms with Crippen molar-refractivity contribution < 1.29 is 19.8 Å². The summed E-state index contributed by atoms with van der Waals surface area (Å²) in [6.45, 7) is 3.01. The highest BCUT2D eigenvalue weighted by Gasteiger charge is 2.25. The van der Waals surface area contributed by atoms with Crippen molar-refractivity contribution in [3.05, 3.63) is 0 Å². The zero-order chi connectivity index (χ0) is 15.0. The first-order valence-electron chi connectivity index (χ1n) is 7.44. The van der Waals surface area contributed by atoms with Crippen molar-refractivity contribution in [2.45, 2.75) is 51.5 Å². The summed E-state index contributed by atoms with van der Waals surface area (Å²) in [5.74, 6) is -1.17. The van der Waals surface area contributed by atoms with Crippen LogP contribution in [-0.2, 0) is 4.79 Å². The van der Waals surface area contributed by atoms with Gasteiger partial charge in [-0.3, -0.25) is 4.79 Å². The van der Waals surface area contributed by atoms with Crippen LogP contribution in [0.25, 0.3) is 0 Å². The molecule has 3 N–H and O–H groups in total. The Morgan fingerprint density at radius 3 is 2.80 bits per heavy atom. The van der Waals surface area contributed by atoms with Crippen LogP contribution in [0.1, 0.15) is 45.4 Å². The molecule has 0 radical (unpaired) electrons.